The predicted octanol–water partition coefficient (Wildman–Crippen LogP) is 2.07. The van der Waals surface area contributed by atoms with Crippen molar-refractivity contribution in [2.45, 2.75) is 6.42 Å². The zero-order chi connectivity index (χ0) is 14.9. The van der Waals surface area contributed by atoms with E-state index in [4.69, 9.17) is 4.74 Å². The molecule has 0 saturated carbocycles. The standard InChI is InChI=1S/C10H9N3OS.C4H10N2/c1-11-10-13-8(6-15-10)7-4-3-5-12-9(7)14-2;1-2-5-4-6-3-1/h3-6H,1H2,2H3;5-6H,1-4H2. The predicted molar refractivity (Wildman–Crippen MR) is 86.6 cm³/mol. The maximum atomic E-state index is 5.15. The Morgan fingerprint density at radius 1 is 1.38 bits per heavy atom. The van der Waals surface area contributed by atoms with E-state index in [1.165, 1.54) is 30.8 Å². The first-order valence-electron chi connectivity index (χ1n) is 6.68. The molecule has 0 radical (unpaired) electrons. The van der Waals surface area contributed by atoms with Crippen molar-refractivity contribution in [3.05, 3.63) is 23.7 Å². The Morgan fingerprint density at radius 2 is 2.19 bits per heavy atom. The van der Waals surface area contributed by atoms with E-state index in [0.717, 1.165) is 17.9 Å². The van der Waals surface area contributed by atoms with Crippen LogP contribution in [0, 0.1) is 0 Å². The molecule has 1 aliphatic heterocycles. The summed E-state index contributed by atoms with van der Waals surface area (Å²) in [5.74, 6) is 0.568. The van der Waals surface area contributed by atoms with Gasteiger partial charge in [-0.25, -0.2) is 15.0 Å². The summed E-state index contributed by atoms with van der Waals surface area (Å²) in [5.41, 5.74) is 1.68. The van der Waals surface area contributed by atoms with Gasteiger partial charge in [0.2, 0.25) is 11.0 Å². The molecule has 0 unspecified atom stereocenters. The molecule has 2 aromatic rings. The van der Waals surface area contributed by atoms with Crippen molar-refractivity contribution in [2.75, 3.05) is 26.9 Å². The highest BCUT2D eigenvalue weighted by atomic mass is 32.1. The molecule has 0 atom stereocenters. The van der Waals surface area contributed by atoms with Crippen LogP contribution >= 0.6 is 11.3 Å². The van der Waals surface area contributed by atoms with Gasteiger partial charge in [0.15, 0.2) is 0 Å². The van der Waals surface area contributed by atoms with Crippen molar-refractivity contribution in [2.24, 2.45) is 4.99 Å². The second-order valence-corrected chi connectivity index (χ2v) is 5.10. The summed E-state index contributed by atoms with van der Waals surface area (Å²) >= 11 is 1.44. The summed E-state index contributed by atoms with van der Waals surface area (Å²) in [6.45, 7) is 6.81. The number of rotatable bonds is 3. The number of nitrogens with one attached hydrogen (secondary N) is 2. The molecule has 2 N–H and O–H groups in total. The minimum Gasteiger partial charge on any atom is -0.481 e. The number of hydrogen-bond acceptors (Lipinski definition) is 7. The van der Waals surface area contributed by atoms with Crippen LogP contribution in [0.25, 0.3) is 11.3 Å². The van der Waals surface area contributed by atoms with E-state index >= 15 is 0 Å². The summed E-state index contributed by atoms with van der Waals surface area (Å²) in [4.78, 5) is 12.2. The van der Waals surface area contributed by atoms with Crippen molar-refractivity contribution < 1.29 is 4.74 Å². The van der Waals surface area contributed by atoms with Gasteiger partial charge in [-0.15, -0.1) is 11.3 Å². The normalized spacial score (nSPS) is 14.0. The smallest absolute Gasteiger partial charge is 0.222 e. The third-order valence-corrected chi connectivity index (χ3v) is 3.60. The fraction of sp³-hybridized carbons (Fsp3) is 0.357. The van der Waals surface area contributed by atoms with Gasteiger partial charge in [0, 0.05) is 18.2 Å². The topological polar surface area (TPSA) is 71.4 Å². The molecule has 7 heteroatoms. The molecule has 6 nitrogen and oxygen atoms in total. The van der Waals surface area contributed by atoms with Crippen LogP contribution in [0.15, 0.2) is 28.7 Å². The van der Waals surface area contributed by atoms with Crippen molar-refractivity contribution >= 4 is 23.2 Å². The Bertz CT molecular complexity index is 556. The second-order valence-electron chi connectivity index (χ2n) is 4.26. The maximum Gasteiger partial charge on any atom is 0.222 e. The Kier molecular flexibility index (Phi) is 6.26. The quantitative estimate of drug-likeness (QED) is 0.850. The molecule has 0 bridgehead atoms. The fourth-order valence-electron chi connectivity index (χ4n) is 1.81. The van der Waals surface area contributed by atoms with Crippen LogP contribution in [0.2, 0.25) is 0 Å². The summed E-state index contributed by atoms with van der Waals surface area (Å²) in [7, 11) is 1.59. The van der Waals surface area contributed by atoms with E-state index in [2.05, 4.69) is 32.3 Å². The first-order chi connectivity index (χ1) is 10.3. The molecular formula is C14H19N5OS. The van der Waals surface area contributed by atoms with Gasteiger partial charge in [-0.3, -0.25) is 0 Å². The van der Waals surface area contributed by atoms with E-state index in [1.807, 2.05) is 17.5 Å². The number of pyridine rings is 1. The van der Waals surface area contributed by atoms with E-state index in [9.17, 15) is 0 Å². The average molecular weight is 305 g/mol. The second kappa shape index (κ2) is 8.46. The minimum absolute atomic E-state index is 0.568. The molecule has 2 aromatic heterocycles. The van der Waals surface area contributed by atoms with Crippen LogP contribution in [-0.4, -0.2) is 43.6 Å². The van der Waals surface area contributed by atoms with Crippen LogP contribution < -0.4 is 15.4 Å². The molecule has 21 heavy (non-hydrogen) atoms. The van der Waals surface area contributed by atoms with E-state index in [1.54, 1.807) is 13.3 Å². The number of aromatic nitrogens is 2. The third kappa shape index (κ3) is 4.59. The van der Waals surface area contributed by atoms with E-state index in [0.29, 0.717) is 11.0 Å². The van der Waals surface area contributed by atoms with Crippen molar-refractivity contribution in [1.82, 2.24) is 20.6 Å². The largest absolute Gasteiger partial charge is 0.481 e. The molecule has 0 aromatic carbocycles. The summed E-state index contributed by atoms with van der Waals surface area (Å²) in [5, 5.41) is 8.90. The molecule has 0 aliphatic carbocycles. The van der Waals surface area contributed by atoms with Gasteiger partial charge in [0.05, 0.1) is 18.4 Å². The van der Waals surface area contributed by atoms with Gasteiger partial charge in [0.25, 0.3) is 0 Å². The number of nitrogens with zero attached hydrogens (tertiary/aromatic N) is 3. The van der Waals surface area contributed by atoms with E-state index in [-0.39, 0.29) is 0 Å². The average Bonchev–Trinajstić information content (AvgIpc) is 3.06. The zero-order valence-corrected chi connectivity index (χ0v) is 12.8. The number of hydrogen-bond donors (Lipinski definition) is 2. The SMILES string of the molecule is C1CNCNC1.C=Nc1nc(-c2cccnc2OC)cs1. The lowest BCUT2D eigenvalue weighted by Crippen LogP contribution is -2.37. The number of thiazole rings is 1. The van der Waals surface area contributed by atoms with Crippen LogP contribution in [0.1, 0.15) is 6.42 Å². The highest BCUT2D eigenvalue weighted by molar-refractivity contribution is 7.13. The fourth-order valence-corrected chi connectivity index (χ4v) is 2.43. The molecule has 3 rings (SSSR count). The molecule has 0 spiro atoms. The van der Waals surface area contributed by atoms with Gasteiger partial charge in [-0.2, -0.15) is 0 Å². The zero-order valence-electron chi connectivity index (χ0n) is 12.0. The molecule has 112 valence electrons. The van der Waals surface area contributed by atoms with Crippen LogP contribution in [0.5, 0.6) is 5.88 Å². The number of aliphatic imine (C=N–C) groups is 1. The lowest BCUT2D eigenvalue weighted by atomic mass is 10.2. The number of methoxy groups -OCH3 is 1. The monoisotopic (exact) mass is 305 g/mol. The molecule has 3 heterocycles. The highest BCUT2D eigenvalue weighted by Gasteiger charge is 2.09. The van der Waals surface area contributed by atoms with Gasteiger partial charge >= 0.3 is 0 Å². The van der Waals surface area contributed by atoms with Gasteiger partial charge in [-0.1, -0.05) is 0 Å². The van der Waals surface area contributed by atoms with Crippen molar-refractivity contribution in [3.8, 4) is 17.1 Å². The summed E-state index contributed by atoms with van der Waals surface area (Å²) in [6, 6.07) is 3.76. The molecule has 0 amide bonds. The van der Waals surface area contributed by atoms with Gasteiger partial charge in [0.1, 0.15) is 0 Å². The first kappa shape index (κ1) is 15.6. The van der Waals surface area contributed by atoms with Gasteiger partial charge in [-0.05, 0) is 38.4 Å². The Hall–Kier alpha value is -1.83. The Balaban J connectivity index is 0.000000225. The van der Waals surface area contributed by atoms with Crippen LogP contribution in [0.4, 0.5) is 5.13 Å². The lowest BCUT2D eigenvalue weighted by molar-refractivity contribution is 0.399. The first-order valence-corrected chi connectivity index (χ1v) is 7.56. The Labute approximate surface area is 128 Å². The molecule has 1 saturated heterocycles. The molecule has 1 fully saturated rings. The van der Waals surface area contributed by atoms with Crippen molar-refractivity contribution in [1.29, 1.82) is 0 Å². The third-order valence-electron chi connectivity index (χ3n) is 2.82. The van der Waals surface area contributed by atoms with Crippen molar-refractivity contribution in [3.63, 3.8) is 0 Å². The summed E-state index contributed by atoms with van der Waals surface area (Å²) in [6.07, 6.45) is 2.96. The maximum absolute atomic E-state index is 5.15. The minimum atomic E-state index is 0.568. The van der Waals surface area contributed by atoms with Gasteiger partial charge < -0.3 is 15.4 Å². The highest BCUT2D eigenvalue weighted by Crippen LogP contribution is 2.30. The lowest BCUT2D eigenvalue weighted by Gasteiger charge is -2.11. The molecular weight excluding hydrogens is 286 g/mol. The number of ether oxygens (including phenoxy) is 1. The molecule has 1 aliphatic rings. The van der Waals surface area contributed by atoms with E-state index < -0.39 is 0 Å². The van der Waals surface area contributed by atoms with Crippen LogP contribution in [0.3, 0.4) is 0 Å². The summed E-state index contributed by atoms with van der Waals surface area (Å²) < 4.78 is 5.15. The Morgan fingerprint density at radius 3 is 2.71 bits per heavy atom. The van der Waals surface area contributed by atoms with Crippen LogP contribution in [-0.2, 0) is 0 Å².